The van der Waals surface area contributed by atoms with E-state index in [1.54, 1.807) is 7.11 Å². The van der Waals surface area contributed by atoms with Crippen molar-refractivity contribution >= 4 is 29.6 Å². The molecule has 0 saturated carbocycles. The molecule has 3 amide bonds. The number of carbonyl (C=O) groups is 3. The summed E-state index contributed by atoms with van der Waals surface area (Å²) >= 11 is 0. The van der Waals surface area contributed by atoms with E-state index in [-0.39, 0.29) is 18.2 Å². The second-order valence-electron chi connectivity index (χ2n) is 6.07. The molecule has 0 radical (unpaired) electrons. The van der Waals surface area contributed by atoms with Crippen LogP contribution in [0.3, 0.4) is 0 Å². The quantitative estimate of drug-likeness (QED) is 0.847. The predicted molar refractivity (Wildman–Crippen MR) is 89.5 cm³/mol. The van der Waals surface area contributed by atoms with Crippen LogP contribution in [0.15, 0.2) is 18.2 Å². The van der Waals surface area contributed by atoms with Crippen LogP contribution < -0.4 is 19.9 Å². The van der Waals surface area contributed by atoms with Crippen LogP contribution in [0.1, 0.15) is 19.3 Å². The molecule has 2 heterocycles. The second-order valence-corrected chi connectivity index (χ2v) is 6.07. The maximum atomic E-state index is 12.0. The molecule has 2 saturated heterocycles. The molecule has 128 valence electrons. The summed E-state index contributed by atoms with van der Waals surface area (Å²) in [5.74, 6) is 0.483. The SMILES string of the molecule is COc1cc(N2CCC(C=O)CC2)ccc1N1CCC(=O)NC1=O. The number of aldehydes is 1. The van der Waals surface area contributed by atoms with Crippen molar-refractivity contribution < 1.29 is 19.1 Å². The zero-order valence-electron chi connectivity index (χ0n) is 13.7. The molecule has 0 aromatic heterocycles. The Morgan fingerprint density at radius 1 is 1.21 bits per heavy atom. The predicted octanol–water partition coefficient (Wildman–Crippen LogP) is 1.56. The lowest BCUT2D eigenvalue weighted by molar-refractivity contribution is -0.120. The van der Waals surface area contributed by atoms with Crippen LogP contribution in [0.4, 0.5) is 16.2 Å². The zero-order valence-corrected chi connectivity index (χ0v) is 13.7. The molecule has 7 nitrogen and oxygen atoms in total. The largest absolute Gasteiger partial charge is 0.494 e. The van der Waals surface area contributed by atoms with E-state index in [4.69, 9.17) is 4.74 Å². The van der Waals surface area contributed by atoms with Crippen molar-refractivity contribution in [1.29, 1.82) is 0 Å². The van der Waals surface area contributed by atoms with E-state index in [0.29, 0.717) is 18.0 Å². The number of urea groups is 1. The van der Waals surface area contributed by atoms with Gasteiger partial charge in [-0.1, -0.05) is 0 Å². The van der Waals surface area contributed by atoms with Crippen LogP contribution in [0.25, 0.3) is 0 Å². The minimum Gasteiger partial charge on any atom is -0.494 e. The smallest absolute Gasteiger partial charge is 0.328 e. The number of ether oxygens (including phenoxy) is 1. The van der Waals surface area contributed by atoms with Gasteiger partial charge in [-0.25, -0.2) is 4.79 Å². The summed E-state index contributed by atoms with van der Waals surface area (Å²) in [5.41, 5.74) is 1.66. The number of amides is 3. The number of benzene rings is 1. The summed E-state index contributed by atoms with van der Waals surface area (Å²) in [6.07, 6.45) is 3.02. The van der Waals surface area contributed by atoms with E-state index >= 15 is 0 Å². The normalized spacial score (nSPS) is 19.2. The van der Waals surface area contributed by atoms with E-state index < -0.39 is 6.03 Å². The highest BCUT2D eigenvalue weighted by atomic mass is 16.5. The van der Waals surface area contributed by atoms with Crippen LogP contribution in [-0.4, -0.2) is 45.0 Å². The first-order chi connectivity index (χ1) is 11.6. The fraction of sp³-hybridized carbons (Fsp3) is 0.471. The maximum Gasteiger partial charge on any atom is 0.328 e. The third-order valence-electron chi connectivity index (χ3n) is 4.61. The maximum absolute atomic E-state index is 12.0. The van der Waals surface area contributed by atoms with Crippen LogP contribution in [0.5, 0.6) is 5.75 Å². The van der Waals surface area contributed by atoms with Crippen molar-refractivity contribution in [3.8, 4) is 5.75 Å². The molecule has 0 atom stereocenters. The summed E-state index contributed by atoms with van der Waals surface area (Å²) in [6.45, 7) is 1.99. The Kier molecular flexibility index (Phi) is 4.69. The summed E-state index contributed by atoms with van der Waals surface area (Å²) in [6, 6.07) is 5.27. The van der Waals surface area contributed by atoms with Gasteiger partial charge >= 0.3 is 6.03 Å². The summed E-state index contributed by atoms with van der Waals surface area (Å²) in [4.78, 5) is 37.9. The molecule has 0 spiro atoms. The molecule has 0 bridgehead atoms. The van der Waals surface area contributed by atoms with Gasteiger partial charge < -0.3 is 14.4 Å². The van der Waals surface area contributed by atoms with Crippen molar-refractivity contribution in [2.75, 3.05) is 36.5 Å². The Hall–Kier alpha value is -2.57. The van der Waals surface area contributed by atoms with Gasteiger partial charge in [0, 0.05) is 43.7 Å². The van der Waals surface area contributed by atoms with Gasteiger partial charge in [-0.3, -0.25) is 15.0 Å². The van der Waals surface area contributed by atoms with Crippen molar-refractivity contribution in [1.82, 2.24) is 5.32 Å². The number of carbonyl (C=O) groups excluding carboxylic acids is 3. The van der Waals surface area contributed by atoms with E-state index in [1.165, 1.54) is 4.90 Å². The van der Waals surface area contributed by atoms with Gasteiger partial charge in [0.25, 0.3) is 0 Å². The highest BCUT2D eigenvalue weighted by molar-refractivity contribution is 6.06. The van der Waals surface area contributed by atoms with Gasteiger partial charge in [0.05, 0.1) is 12.8 Å². The molecule has 0 aliphatic carbocycles. The van der Waals surface area contributed by atoms with E-state index in [2.05, 4.69) is 10.2 Å². The van der Waals surface area contributed by atoms with Crippen LogP contribution >= 0.6 is 0 Å². The van der Waals surface area contributed by atoms with E-state index in [0.717, 1.165) is 37.9 Å². The van der Waals surface area contributed by atoms with Gasteiger partial charge in [-0.15, -0.1) is 0 Å². The lowest BCUT2D eigenvalue weighted by atomic mass is 9.98. The third kappa shape index (κ3) is 3.20. The Labute approximate surface area is 140 Å². The van der Waals surface area contributed by atoms with Crippen LogP contribution in [0.2, 0.25) is 0 Å². The molecule has 1 N–H and O–H groups in total. The zero-order chi connectivity index (χ0) is 17.1. The Balaban J connectivity index is 1.79. The minimum absolute atomic E-state index is 0.150. The average Bonchev–Trinajstić information content (AvgIpc) is 2.61. The lowest BCUT2D eigenvalue weighted by Crippen LogP contribution is -2.49. The number of nitrogens with one attached hydrogen (secondary N) is 1. The minimum atomic E-state index is -0.427. The van der Waals surface area contributed by atoms with Gasteiger partial charge in [-0.05, 0) is 25.0 Å². The topological polar surface area (TPSA) is 79.0 Å². The first kappa shape index (κ1) is 16.3. The van der Waals surface area contributed by atoms with Gasteiger partial charge in [0.1, 0.15) is 12.0 Å². The van der Waals surface area contributed by atoms with Crippen LogP contribution in [0, 0.1) is 5.92 Å². The summed E-state index contributed by atoms with van der Waals surface area (Å²) in [7, 11) is 1.56. The molecular formula is C17H21N3O4. The number of hydrogen-bond donors (Lipinski definition) is 1. The summed E-state index contributed by atoms with van der Waals surface area (Å²) < 4.78 is 5.46. The Morgan fingerprint density at radius 2 is 1.96 bits per heavy atom. The number of rotatable bonds is 4. The Morgan fingerprint density at radius 3 is 2.58 bits per heavy atom. The molecule has 7 heteroatoms. The van der Waals surface area contributed by atoms with Gasteiger partial charge in [-0.2, -0.15) is 0 Å². The average molecular weight is 331 g/mol. The molecule has 1 aromatic rings. The number of anilines is 2. The van der Waals surface area contributed by atoms with Gasteiger partial charge in [0.2, 0.25) is 5.91 Å². The second kappa shape index (κ2) is 6.90. The fourth-order valence-corrected chi connectivity index (χ4v) is 3.17. The lowest BCUT2D eigenvalue weighted by Gasteiger charge is -2.33. The first-order valence-corrected chi connectivity index (χ1v) is 8.12. The van der Waals surface area contributed by atoms with Crippen LogP contribution in [-0.2, 0) is 9.59 Å². The highest BCUT2D eigenvalue weighted by Gasteiger charge is 2.27. The van der Waals surface area contributed by atoms with Crippen molar-refractivity contribution in [2.45, 2.75) is 19.3 Å². The molecule has 2 fully saturated rings. The standard InChI is InChI=1S/C17H21N3O4/c1-24-15-10-13(19-7-4-12(11-21)5-8-19)2-3-14(15)20-9-6-16(22)18-17(20)23/h2-3,10-12H,4-9H2,1H3,(H,18,22,23). The highest BCUT2D eigenvalue weighted by Crippen LogP contribution is 2.34. The first-order valence-electron chi connectivity index (χ1n) is 8.12. The molecule has 2 aliphatic heterocycles. The van der Waals surface area contributed by atoms with Crippen molar-refractivity contribution in [2.24, 2.45) is 5.92 Å². The van der Waals surface area contributed by atoms with Gasteiger partial charge in [0.15, 0.2) is 0 Å². The molecule has 2 aliphatic rings. The van der Waals surface area contributed by atoms with E-state index in [1.807, 2.05) is 18.2 Å². The fourth-order valence-electron chi connectivity index (χ4n) is 3.17. The molecule has 3 rings (SSSR count). The van der Waals surface area contributed by atoms with E-state index in [9.17, 15) is 14.4 Å². The number of piperidine rings is 1. The number of imide groups is 1. The molecule has 0 unspecified atom stereocenters. The number of hydrogen-bond acceptors (Lipinski definition) is 5. The molecule has 1 aromatic carbocycles. The van der Waals surface area contributed by atoms with Crippen molar-refractivity contribution in [3.63, 3.8) is 0 Å². The van der Waals surface area contributed by atoms with Crippen molar-refractivity contribution in [3.05, 3.63) is 18.2 Å². The monoisotopic (exact) mass is 331 g/mol. The Bertz CT molecular complexity index is 653. The number of methoxy groups -OCH3 is 1. The molecular weight excluding hydrogens is 310 g/mol. The molecule has 24 heavy (non-hydrogen) atoms. The number of nitrogens with zero attached hydrogens (tertiary/aromatic N) is 2. The summed E-state index contributed by atoms with van der Waals surface area (Å²) in [5, 5.41) is 2.32. The third-order valence-corrected chi connectivity index (χ3v) is 4.61.